The third-order valence-corrected chi connectivity index (χ3v) is 4.12. The van der Waals surface area contributed by atoms with Crippen LogP contribution in [0.25, 0.3) is 0 Å². The summed E-state index contributed by atoms with van der Waals surface area (Å²) in [4.78, 5) is 24.0. The number of carbonyl (C=O) groups excluding carboxylic acids is 1. The van der Waals surface area contributed by atoms with Crippen LogP contribution in [0.4, 0.5) is 5.69 Å². The summed E-state index contributed by atoms with van der Waals surface area (Å²) >= 11 is 17.8. The number of amides is 1. The predicted octanol–water partition coefficient (Wildman–Crippen LogP) is 4.26. The molecule has 0 fully saturated rings. The van der Waals surface area contributed by atoms with Crippen LogP contribution in [0.1, 0.15) is 30.3 Å². The van der Waals surface area contributed by atoms with E-state index in [4.69, 9.17) is 34.8 Å². The van der Waals surface area contributed by atoms with E-state index >= 15 is 0 Å². The van der Waals surface area contributed by atoms with E-state index in [1.807, 2.05) is 6.92 Å². The zero-order valence-electron chi connectivity index (χ0n) is 12.3. The number of benzene rings is 1. The zero-order chi connectivity index (χ0) is 17.0. The van der Waals surface area contributed by atoms with Gasteiger partial charge in [0.25, 0.3) is 11.5 Å². The van der Waals surface area contributed by atoms with Gasteiger partial charge in [0.15, 0.2) is 0 Å². The van der Waals surface area contributed by atoms with E-state index in [1.54, 1.807) is 0 Å². The summed E-state index contributed by atoms with van der Waals surface area (Å²) in [6.07, 6.45) is 1.72. The van der Waals surface area contributed by atoms with Crippen LogP contribution < -0.4 is 10.9 Å². The highest BCUT2D eigenvalue weighted by Gasteiger charge is 2.13. The fraction of sp³-hybridized carbons (Fsp3) is 0.267. The highest BCUT2D eigenvalue weighted by atomic mass is 35.5. The minimum absolute atomic E-state index is 0.114. The van der Waals surface area contributed by atoms with Gasteiger partial charge in [0.2, 0.25) is 0 Å². The first-order valence-electron chi connectivity index (χ1n) is 6.96. The van der Waals surface area contributed by atoms with Gasteiger partial charge in [-0.15, -0.1) is 0 Å². The van der Waals surface area contributed by atoms with Gasteiger partial charge in [-0.1, -0.05) is 48.1 Å². The van der Waals surface area contributed by atoms with Crippen LogP contribution in [-0.2, 0) is 6.54 Å². The standard InChI is InChI=1S/C15H14Cl3N3O2/c1-2-3-6-21-14(22)5-4-12(20-21)15(23)19-13-8-10(17)9(16)7-11(13)18/h4-5,7-8H,2-3,6H2,1H3,(H,19,23). The van der Waals surface area contributed by atoms with E-state index in [1.165, 1.54) is 28.9 Å². The number of halogens is 3. The van der Waals surface area contributed by atoms with Crippen LogP contribution in [-0.4, -0.2) is 15.7 Å². The van der Waals surface area contributed by atoms with Crippen molar-refractivity contribution in [2.24, 2.45) is 0 Å². The summed E-state index contributed by atoms with van der Waals surface area (Å²) in [5.74, 6) is -0.490. The molecule has 0 unspecified atom stereocenters. The Morgan fingerprint density at radius 1 is 1.17 bits per heavy atom. The Bertz CT molecular complexity index is 790. The smallest absolute Gasteiger partial charge is 0.276 e. The lowest BCUT2D eigenvalue weighted by molar-refractivity contribution is 0.101. The topological polar surface area (TPSA) is 64.0 Å². The number of carbonyl (C=O) groups is 1. The second-order valence-corrected chi connectivity index (χ2v) is 6.06. The van der Waals surface area contributed by atoms with Gasteiger partial charge in [-0.05, 0) is 24.6 Å². The normalized spacial score (nSPS) is 10.6. The minimum atomic E-state index is -0.490. The van der Waals surface area contributed by atoms with Crippen molar-refractivity contribution >= 4 is 46.4 Å². The number of nitrogens with zero attached hydrogens (tertiary/aromatic N) is 2. The lowest BCUT2D eigenvalue weighted by Crippen LogP contribution is -2.26. The van der Waals surface area contributed by atoms with Crippen LogP contribution in [0.15, 0.2) is 29.1 Å². The number of rotatable bonds is 5. The molecule has 0 saturated heterocycles. The predicted molar refractivity (Wildman–Crippen MR) is 92.8 cm³/mol. The Morgan fingerprint density at radius 3 is 2.57 bits per heavy atom. The van der Waals surface area contributed by atoms with Gasteiger partial charge >= 0.3 is 0 Å². The van der Waals surface area contributed by atoms with Crippen molar-refractivity contribution in [3.05, 3.63) is 55.4 Å². The van der Waals surface area contributed by atoms with E-state index in [2.05, 4.69) is 10.4 Å². The molecule has 0 spiro atoms. The average molecular weight is 375 g/mol. The van der Waals surface area contributed by atoms with Crippen LogP contribution >= 0.6 is 34.8 Å². The maximum atomic E-state index is 12.3. The first-order valence-corrected chi connectivity index (χ1v) is 8.10. The lowest BCUT2D eigenvalue weighted by atomic mass is 10.3. The summed E-state index contributed by atoms with van der Waals surface area (Å²) in [7, 11) is 0. The molecule has 0 aliphatic heterocycles. The molecule has 0 aliphatic rings. The lowest BCUT2D eigenvalue weighted by Gasteiger charge is -2.09. The summed E-state index contributed by atoms with van der Waals surface area (Å²) in [6, 6.07) is 5.58. The number of hydrogen-bond donors (Lipinski definition) is 1. The Hall–Kier alpha value is -1.56. The van der Waals surface area contributed by atoms with E-state index < -0.39 is 5.91 Å². The highest BCUT2D eigenvalue weighted by Crippen LogP contribution is 2.32. The number of anilines is 1. The molecule has 0 aliphatic carbocycles. The second-order valence-electron chi connectivity index (χ2n) is 4.83. The number of unbranched alkanes of at least 4 members (excludes halogenated alkanes) is 1. The molecular weight excluding hydrogens is 361 g/mol. The molecule has 0 atom stereocenters. The highest BCUT2D eigenvalue weighted by molar-refractivity contribution is 6.44. The Kier molecular flexibility index (Phi) is 6.04. The number of hydrogen-bond acceptors (Lipinski definition) is 3. The van der Waals surface area contributed by atoms with E-state index in [0.717, 1.165) is 12.8 Å². The molecule has 0 saturated carbocycles. The van der Waals surface area contributed by atoms with Crippen LogP contribution in [0.3, 0.4) is 0 Å². The Balaban J connectivity index is 2.24. The summed E-state index contributed by atoms with van der Waals surface area (Å²) in [5, 5.41) is 7.49. The quantitative estimate of drug-likeness (QED) is 0.795. The first kappa shape index (κ1) is 17.8. The van der Waals surface area contributed by atoms with Crippen molar-refractivity contribution in [3.63, 3.8) is 0 Å². The molecule has 5 nitrogen and oxygen atoms in total. The minimum Gasteiger partial charge on any atom is -0.319 e. The Labute approximate surface area is 148 Å². The van der Waals surface area contributed by atoms with Crippen molar-refractivity contribution in [2.75, 3.05) is 5.32 Å². The van der Waals surface area contributed by atoms with Crippen LogP contribution in [0.5, 0.6) is 0 Å². The Morgan fingerprint density at radius 2 is 1.87 bits per heavy atom. The fourth-order valence-corrected chi connectivity index (χ4v) is 2.44. The summed E-state index contributed by atoms with van der Waals surface area (Å²) < 4.78 is 1.27. The van der Waals surface area contributed by atoms with Gasteiger partial charge in [-0.25, -0.2) is 4.68 Å². The van der Waals surface area contributed by atoms with Crippen molar-refractivity contribution in [1.82, 2.24) is 9.78 Å². The van der Waals surface area contributed by atoms with Crippen molar-refractivity contribution in [3.8, 4) is 0 Å². The molecule has 8 heteroatoms. The molecule has 1 aromatic carbocycles. The maximum absolute atomic E-state index is 12.3. The zero-order valence-corrected chi connectivity index (χ0v) is 14.5. The van der Waals surface area contributed by atoms with Gasteiger partial charge in [0.05, 0.1) is 20.8 Å². The van der Waals surface area contributed by atoms with Crippen LogP contribution in [0, 0.1) is 0 Å². The average Bonchev–Trinajstić information content (AvgIpc) is 2.51. The SMILES string of the molecule is CCCCn1nc(C(=O)Nc2cc(Cl)c(Cl)cc2Cl)ccc1=O. The molecule has 122 valence electrons. The van der Waals surface area contributed by atoms with E-state index in [0.29, 0.717) is 17.3 Å². The summed E-state index contributed by atoms with van der Waals surface area (Å²) in [5.41, 5.74) is 0.185. The molecular formula is C15H14Cl3N3O2. The number of aryl methyl sites for hydroxylation is 1. The molecule has 1 heterocycles. The van der Waals surface area contributed by atoms with Gasteiger partial charge in [0, 0.05) is 12.6 Å². The van der Waals surface area contributed by atoms with Gasteiger partial charge in [0.1, 0.15) is 5.69 Å². The molecule has 0 bridgehead atoms. The molecule has 23 heavy (non-hydrogen) atoms. The maximum Gasteiger partial charge on any atom is 0.276 e. The molecule has 2 aromatic rings. The third kappa shape index (κ3) is 4.47. The second kappa shape index (κ2) is 7.81. The molecule has 1 N–H and O–H groups in total. The number of aromatic nitrogens is 2. The largest absolute Gasteiger partial charge is 0.319 e. The van der Waals surface area contributed by atoms with E-state index in [-0.39, 0.29) is 21.3 Å². The number of nitrogens with one attached hydrogen (secondary N) is 1. The van der Waals surface area contributed by atoms with E-state index in [9.17, 15) is 9.59 Å². The van der Waals surface area contributed by atoms with Crippen molar-refractivity contribution < 1.29 is 4.79 Å². The first-order chi connectivity index (χ1) is 10.9. The van der Waals surface area contributed by atoms with Gasteiger partial charge in [-0.3, -0.25) is 9.59 Å². The van der Waals surface area contributed by atoms with Crippen LogP contribution in [0.2, 0.25) is 15.1 Å². The van der Waals surface area contributed by atoms with Crippen molar-refractivity contribution in [1.29, 1.82) is 0 Å². The monoisotopic (exact) mass is 373 g/mol. The van der Waals surface area contributed by atoms with Crippen molar-refractivity contribution in [2.45, 2.75) is 26.3 Å². The molecule has 0 radical (unpaired) electrons. The summed E-state index contributed by atoms with van der Waals surface area (Å²) in [6.45, 7) is 2.47. The molecule has 1 amide bonds. The third-order valence-electron chi connectivity index (χ3n) is 3.08. The molecule has 1 aromatic heterocycles. The van der Waals surface area contributed by atoms with Gasteiger partial charge < -0.3 is 5.32 Å². The molecule has 2 rings (SSSR count). The fourth-order valence-electron chi connectivity index (χ4n) is 1.84. The van der Waals surface area contributed by atoms with Gasteiger partial charge in [-0.2, -0.15) is 5.10 Å².